The van der Waals surface area contributed by atoms with Crippen LogP contribution in [0.3, 0.4) is 0 Å². The summed E-state index contributed by atoms with van der Waals surface area (Å²) in [4.78, 5) is 1.43. The Hall–Kier alpha value is -1.24. The summed E-state index contributed by atoms with van der Waals surface area (Å²) < 4.78 is 0. The molecule has 0 fully saturated rings. The van der Waals surface area contributed by atoms with Crippen LogP contribution in [-0.4, -0.2) is 34.7 Å². The number of nitrogens with one attached hydrogen (secondary N) is 2. The van der Waals surface area contributed by atoms with Gasteiger partial charge in [0.1, 0.15) is 10.7 Å². The minimum absolute atomic E-state index is 0.230. The van der Waals surface area contributed by atoms with Gasteiger partial charge in [-0.15, -0.1) is 0 Å². The van der Waals surface area contributed by atoms with Crippen LogP contribution in [0.2, 0.25) is 0 Å². The van der Waals surface area contributed by atoms with Crippen molar-refractivity contribution in [2.24, 2.45) is 5.73 Å². The quantitative estimate of drug-likeness (QED) is 0.582. The fraction of sp³-hybridized carbons (Fsp3) is 0.333. The van der Waals surface area contributed by atoms with E-state index in [-0.39, 0.29) is 5.75 Å². The van der Waals surface area contributed by atoms with E-state index in [1.807, 2.05) is 0 Å². The Morgan fingerprint density at radius 3 is 2.39 bits per heavy atom. The highest BCUT2D eigenvalue weighted by atomic mass is 32.1. The van der Waals surface area contributed by atoms with Crippen molar-refractivity contribution in [1.29, 1.82) is 0 Å². The smallest absolute Gasteiger partial charge is 0.115 e. The molecule has 6 heteroatoms. The van der Waals surface area contributed by atoms with E-state index >= 15 is 0 Å². The average molecular weight is 283 g/mol. The van der Waals surface area contributed by atoms with E-state index in [4.69, 9.17) is 30.2 Å². The van der Waals surface area contributed by atoms with E-state index in [9.17, 15) is 5.11 Å². The molecule has 0 radical (unpaired) electrons. The molecular formula is C12H17N3OS2. The molecular weight excluding hydrogens is 266 g/mol. The molecule has 0 saturated carbocycles. The third-order valence-corrected chi connectivity index (χ3v) is 2.96. The van der Waals surface area contributed by atoms with Crippen LogP contribution in [0.5, 0.6) is 5.75 Å². The predicted octanol–water partition coefficient (Wildman–Crippen LogP) is 0.923. The first kappa shape index (κ1) is 14.8. The second kappa shape index (κ2) is 7.97. The maximum atomic E-state index is 9.17. The molecule has 1 aromatic carbocycles. The molecule has 0 amide bonds. The summed E-state index contributed by atoms with van der Waals surface area (Å²) >= 11 is 10.3. The van der Waals surface area contributed by atoms with Crippen LogP contribution in [-0.2, 0) is 0 Å². The van der Waals surface area contributed by atoms with Gasteiger partial charge in [0.2, 0.25) is 0 Å². The third-order valence-electron chi connectivity index (χ3n) is 2.23. The van der Waals surface area contributed by atoms with Crippen LogP contribution in [0.4, 0.5) is 0 Å². The van der Waals surface area contributed by atoms with Crippen molar-refractivity contribution in [3.63, 3.8) is 0 Å². The summed E-state index contributed by atoms with van der Waals surface area (Å²) in [5.74, 6) is 0.230. The number of nitrogens with two attached hydrogens (primary N) is 1. The monoisotopic (exact) mass is 283 g/mol. The normalized spacial score (nSPS) is 9.83. The number of rotatable bonds is 6. The molecule has 0 aromatic heterocycles. The van der Waals surface area contributed by atoms with Gasteiger partial charge in [-0.2, -0.15) is 0 Å². The lowest BCUT2D eigenvalue weighted by atomic mass is 10.2. The molecule has 4 nitrogen and oxygen atoms in total. The Morgan fingerprint density at radius 2 is 1.78 bits per heavy atom. The van der Waals surface area contributed by atoms with E-state index in [0.717, 1.165) is 10.6 Å². The molecule has 0 aliphatic heterocycles. The zero-order chi connectivity index (χ0) is 13.4. The number of hydrogen-bond donors (Lipinski definition) is 4. The molecule has 0 atom stereocenters. The topological polar surface area (TPSA) is 70.3 Å². The van der Waals surface area contributed by atoms with Crippen LogP contribution in [0, 0.1) is 0 Å². The van der Waals surface area contributed by atoms with Gasteiger partial charge < -0.3 is 21.5 Å². The van der Waals surface area contributed by atoms with Gasteiger partial charge in [-0.05, 0) is 24.3 Å². The van der Waals surface area contributed by atoms with Crippen LogP contribution < -0.4 is 16.4 Å². The van der Waals surface area contributed by atoms with Crippen molar-refractivity contribution in [1.82, 2.24) is 10.6 Å². The van der Waals surface area contributed by atoms with Gasteiger partial charge in [-0.1, -0.05) is 24.4 Å². The summed E-state index contributed by atoms with van der Waals surface area (Å²) in [5, 5.41) is 15.3. The van der Waals surface area contributed by atoms with Crippen LogP contribution in [0.1, 0.15) is 12.0 Å². The van der Waals surface area contributed by atoms with Crippen molar-refractivity contribution in [3.05, 3.63) is 29.8 Å². The van der Waals surface area contributed by atoms with Crippen molar-refractivity contribution in [2.75, 3.05) is 19.6 Å². The fourth-order valence-corrected chi connectivity index (χ4v) is 1.75. The summed E-state index contributed by atoms with van der Waals surface area (Å²) in [5.41, 5.74) is 6.24. The lowest BCUT2D eigenvalue weighted by Gasteiger charge is -2.10. The number of aromatic hydroxyl groups is 1. The van der Waals surface area contributed by atoms with E-state index in [1.54, 1.807) is 24.3 Å². The average Bonchev–Trinajstić information content (AvgIpc) is 2.37. The Morgan fingerprint density at radius 1 is 1.11 bits per heavy atom. The standard InChI is InChI=1S/C12H17N3OS2/c13-6-8-14-11(17)5-7-15-12(18)9-1-3-10(16)4-2-9/h1-4,16H,5-8,13H2,(H,14,17)(H,15,18). The van der Waals surface area contributed by atoms with Gasteiger partial charge in [0.05, 0.1) is 4.99 Å². The molecule has 98 valence electrons. The van der Waals surface area contributed by atoms with Gasteiger partial charge in [0.25, 0.3) is 0 Å². The summed E-state index contributed by atoms with van der Waals surface area (Å²) in [6.45, 7) is 1.94. The molecule has 5 N–H and O–H groups in total. The second-order valence-electron chi connectivity index (χ2n) is 3.69. The maximum absolute atomic E-state index is 9.17. The van der Waals surface area contributed by atoms with Crippen molar-refractivity contribution in [2.45, 2.75) is 6.42 Å². The van der Waals surface area contributed by atoms with Crippen molar-refractivity contribution in [3.8, 4) is 5.75 Å². The number of thiocarbonyl (C=S) groups is 2. The fourth-order valence-electron chi connectivity index (χ4n) is 1.30. The summed E-state index contributed by atoms with van der Waals surface area (Å²) in [7, 11) is 0. The van der Waals surface area contributed by atoms with Gasteiger partial charge >= 0.3 is 0 Å². The van der Waals surface area contributed by atoms with E-state index in [1.165, 1.54) is 0 Å². The largest absolute Gasteiger partial charge is 0.508 e. The van der Waals surface area contributed by atoms with E-state index in [0.29, 0.717) is 31.0 Å². The van der Waals surface area contributed by atoms with Crippen molar-refractivity contribution < 1.29 is 5.11 Å². The van der Waals surface area contributed by atoms with Gasteiger partial charge in [0, 0.05) is 31.6 Å². The molecule has 0 aliphatic carbocycles. The Kier molecular flexibility index (Phi) is 6.56. The lowest BCUT2D eigenvalue weighted by Crippen LogP contribution is -2.31. The second-order valence-corrected chi connectivity index (χ2v) is 4.59. The molecule has 0 bridgehead atoms. The molecule has 0 spiro atoms. The van der Waals surface area contributed by atoms with Crippen LogP contribution >= 0.6 is 24.4 Å². The van der Waals surface area contributed by atoms with Gasteiger partial charge in [-0.25, -0.2) is 0 Å². The van der Waals surface area contributed by atoms with Crippen molar-refractivity contribution >= 4 is 34.4 Å². The van der Waals surface area contributed by atoms with Gasteiger partial charge in [-0.3, -0.25) is 0 Å². The highest BCUT2D eigenvalue weighted by Crippen LogP contribution is 2.09. The molecule has 0 saturated heterocycles. The summed E-state index contributed by atoms with van der Waals surface area (Å²) in [6, 6.07) is 6.76. The lowest BCUT2D eigenvalue weighted by molar-refractivity contribution is 0.475. The molecule has 0 heterocycles. The zero-order valence-electron chi connectivity index (χ0n) is 9.98. The first-order valence-electron chi connectivity index (χ1n) is 5.67. The summed E-state index contributed by atoms with van der Waals surface area (Å²) in [6.07, 6.45) is 0.716. The third kappa shape index (κ3) is 5.39. The highest BCUT2D eigenvalue weighted by Gasteiger charge is 2.01. The minimum atomic E-state index is 0.230. The number of phenolic OH excluding ortho intramolecular Hbond substituents is 1. The van der Waals surface area contributed by atoms with E-state index in [2.05, 4.69) is 10.6 Å². The molecule has 18 heavy (non-hydrogen) atoms. The zero-order valence-corrected chi connectivity index (χ0v) is 11.6. The number of phenols is 1. The van der Waals surface area contributed by atoms with Gasteiger partial charge in [0.15, 0.2) is 0 Å². The SMILES string of the molecule is NCCNC(=S)CCNC(=S)c1ccc(O)cc1. The maximum Gasteiger partial charge on any atom is 0.115 e. The number of hydrogen-bond acceptors (Lipinski definition) is 4. The van der Waals surface area contributed by atoms with Crippen LogP contribution in [0.15, 0.2) is 24.3 Å². The molecule has 1 aromatic rings. The Labute approximate surface area is 118 Å². The minimum Gasteiger partial charge on any atom is -0.508 e. The predicted molar refractivity (Wildman–Crippen MR) is 82.1 cm³/mol. The molecule has 0 unspecified atom stereocenters. The molecule has 1 rings (SSSR count). The van der Waals surface area contributed by atoms with Crippen LogP contribution in [0.25, 0.3) is 0 Å². The number of benzene rings is 1. The first-order chi connectivity index (χ1) is 8.63. The Balaban J connectivity index is 2.29. The Bertz CT molecular complexity index is 406. The first-order valence-corrected chi connectivity index (χ1v) is 6.49. The highest BCUT2D eigenvalue weighted by molar-refractivity contribution is 7.80. The van der Waals surface area contributed by atoms with E-state index < -0.39 is 0 Å². The molecule has 0 aliphatic rings.